The van der Waals surface area contributed by atoms with Crippen LogP contribution in [0.25, 0.3) is 0 Å². The lowest BCUT2D eigenvalue weighted by atomic mass is 10.2. The molecule has 116 valence electrons. The van der Waals surface area contributed by atoms with Crippen molar-refractivity contribution in [3.05, 3.63) is 27.5 Å². The Labute approximate surface area is 124 Å². The minimum Gasteiger partial charge on any atom is -0.494 e. The van der Waals surface area contributed by atoms with Gasteiger partial charge >= 0.3 is 0 Å². The molecule has 0 aliphatic rings. The molecule has 0 bridgehead atoms. The first-order chi connectivity index (χ1) is 10.1. The number of aryl methyl sites for hydroxylation is 1. The largest absolute Gasteiger partial charge is 0.494 e. The molecule has 6 heteroatoms. The Balaban J connectivity index is 2.43. The van der Waals surface area contributed by atoms with Crippen LogP contribution in [0.3, 0.4) is 0 Å². The van der Waals surface area contributed by atoms with Gasteiger partial charge in [0.1, 0.15) is 11.6 Å². The Bertz CT molecular complexity index is 546. The highest BCUT2D eigenvalue weighted by Crippen LogP contribution is 2.11. The highest BCUT2D eigenvalue weighted by Gasteiger charge is 2.11. The Morgan fingerprint density at radius 2 is 1.95 bits per heavy atom. The number of aromatic nitrogens is 1. The van der Waals surface area contributed by atoms with Crippen molar-refractivity contribution >= 4 is 0 Å². The second-order valence-corrected chi connectivity index (χ2v) is 4.71. The SMILES string of the molecule is CCCOCCCOCCn1c(O)cc(C)c(C#N)c1=O. The van der Waals surface area contributed by atoms with Crippen LogP contribution in [0.5, 0.6) is 5.88 Å². The van der Waals surface area contributed by atoms with E-state index in [1.807, 2.05) is 6.07 Å². The third kappa shape index (κ3) is 5.21. The van der Waals surface area contributed by atoms with Gasteiger partial charge in [0, 0.05) is 25.9 Å². The number of hydrogen-bond donors (Lipinski definition) is 1. The predicted molar refractivity (Wildman–Crippen MR) is 78.4 cm³/mol. The Morgan fingerprint density at radius 1 is 1.29 bits per heavy atom. The fraction of sp³-hybridized carbons (Fsp3) is 0.600. The molecular weight excluding hydrogens is 272 g/mol. The standard InChI is InChI=1S/C15H22N2O4/c1-3-6-20-7-4-8-21-9-5-17-14(18)10-12(2)13(11-16)15(17)19/h10,18H,3-9H2,1-2H3. The molecule has 1 rings (SSSR count). The molecule has 1 aromatic heterocycles. The van der Waals surface area contributed by atoms with Crippen molar-refractivity contribution in [2.75, 3.05) is 26.4 Å². The number of rotatable bonds is 9. The van der Waals surface area contributed by atoms with Crippen LogP contribution < -0.4 is 5.56 Å². The van der Waals surface area contributed by atoms with Crippen LogP contribution in [-0.2, 0) is 16.0 Å². The molecule has 0 saturated carbocycles. The number of ether oxygens (including phenoxy) is 2. The zero-order chi connectivity index (χ0) is 15.7. The molecule has 0 saturated heterocycles. The lowest BCUT2D eigenvalue weighted by molar-refractivity contribution is 0.0787. The molecule has 0 unspecified atom stereocenters. The summed E-state index contributed by atoms with van der Waals surface area (Å²) in [7, 11) is 0. The van der Waals surface area contributed by atoms with E-state index in [9.17, 15) is 9.90 Å². The van der Waals surface area contributed by atoms with Gasteiger partial charge in [-0.05, 0) is 25.3 Å². The molecular formula is C15H22N2O4. The normalized spacial score (nSPS) is 10.5. The van der Waals surface area contributed by atoms with E-state index in [1.54, 1.807) is 6.92 Å². The fourth-order valence-corrected chi connectivity index (χ4v) is 1.87. The van der Waals surface area contributed by atoms with Crippen molar-refractivity contribution in [3.63, 3.8) is 0 Å². The van der Waals surface area contributed by atoms with Crippen molar-refractivity contribution in [2.45, 2.75) is 33.2 Å². The van der Waals surface area contributed by atoms with Crippen LogP contribution in [-0.4, -0.2) is 36.1 Å². The van der Waals surface area contributed by atoms with Gasteiger partial charge in [0.25, 0.3) is 5.56 Å². The first kappa shape index (κ1) is 17.2. The predicted octanol–water partition coefficient (Wildman–Crippen LogP) is 1.57. The lowest BCUT2D eigenvalue weighted by Crippen LogP contribution is -2.25. The summed E-state index contributed by atoms with van der Waals surface area (Å²) in [5, 5.41) is 18.7. The van der Waals surface area contributed by atoms with E-state index in [1.165, 1.54) is 6.07 Å². The zero-order valence-corrected chi connectivity index (χ0v) is 12.6. The minimum absolute atomic E-state index is 0.0563. The van der Waals surface area contributed by atoms with Gasteiger partial charge in [0.2, 0.25) is 0 Å². The van der Waals surface area contributed by atoms with Crippen molar-refractivity contribution in [1.29, 1.82) is 5.26 Å². The van der Waals surface area contributed by atoms with E-state index < -0.39 is 5.56 Å². The summed E-state index contributed by atoms with van der Waals surface area (Å²) in [6.07, 6.45) is 1.79. The summed E-state index contributed by atoms with van der Waals surface area (Å²) < 4.78 is 11.9. The third-order valence-electron chi connectivity index (χ3n) is 2.97. The first-order valence-corrected chi connectivity index (χ1v) is 7.10. The van der Waals surface area contributed by atoms with E-state index in [0.717, 1.165) is 24.0 Å². The van der Waals surface area contributed by atoms with Crippen molar-refractivity contribution in [3.8, 4) is 11.9 Å². The van der Waals surface area contributed by atoms with Gasteiger partial charge in [-0.1, -0.05) is 6.92 Å². The zero-order valence-electron chi connectivity index (χ0n) is 12.6. The number of aromatic hydroxyl groups is 1. The Hall–Kier alpha value is -1.84. The maximum Gasteiger partial charge on any atom is 0.271 e. The molecule has 6 nitrogen and oxygen atoms in total. The Kier molecular flexibility index (Phi) is 7.51. The lowest BCUT2D eigenvalue weighted by Gasteiger charge is -2.10. The van der Waals surface area contributed by atoms with Gasteiger partial charge in [-0.25, -0.2) is 0 Å². The molecule has 0 aliphatic heterocycles. The Morgan fingerprint density at radius 3 is 2.57 bits per heavy atom. The minimum atomic E-state index is -0.482. The van der Waals surface area contributed by atoms with Gasteiger partial charge in [0.05, 0.1) is 13.2 Å². The number of pyridine rings is 1. The second kappa shape index (κ2) is 9.16. The van der Waals surface area contributed by atoms with Gasteiger partial charge < -0.3 is 14.6 Å². The quantitative estimate of drug-likeness (QED) is 0.699. The summed E-state index contributed by atoms with van der Waals surface area (Å²) in [4.78, 5) is 12.0. The van der Waals surface area contributed by atoms with E-state index in [-0.39, 0.29) is 18.0 Å². The van der Waals surface area contributed by atoms with Gasteiger partial charge in [-0.2, -0.15) is 5.26 Å². The highest BCUT2D eigenvalue weighted by atomic mass is 16.5. The molecule has 1 heterocycles. The van der Waals surface area contributed by atoms with Crippen molar-refractivity contribution < 1.29 is 14.6 Å². The van der Waals surface area contributed by atoms with Gasteiger partial charge in [0.15, 0.2) is 5.88 Å². The molecule has 21 heavy (non-hydrogen) atoms. The topological polar surface area (TPSA) is 84.5 Å². The summed E-state index contributed by atoms with van der Waals surface area (Å²) in [6.45, 7) is 6.14. The van der Waals surface area contributed by atoms with E-state index in [2.05, 4.69) is 6.92 Å². The molecule has 1 aromatic rings. The number of nitriles is 1. The maximum absolute atomic E-state index is 12.0. The summed E-state index contributed by atoms with van der Waals surface area (Å²) in [5.74, 6) is -0.147. The average Bonchev–Trinajstić information content (AvgIpc) is 2.45. The molecule has 0 atom stereocenters. The number of nitrogens with zero attached hydrogens (tertiary/aromatic N) is 2. The third-order valence-corrected chi connectivity index (χ3v) is 2.97. The number of hydrogen-bond acceptors (Lipinski definition) is 5. The van der Waals surface area contributed by atoms with Crippen LogP contribution in [0, 0.1) is 18.3 Å². The molecule has 0 amide bonds. The fourth-order valence-electron chi connectivity index (χ4n) is 1.87. The molecule has 0 aliphatic carbocycles. The highest BCUT2D eigenvalue weighted by molar-refractivity contribution is 5.37. The van der Waals surface area contributed by atoms with E-state index in [4.69, 9.17) is 14.7 Å². The van der Waals surface area contributed by atoms with Crippen molar-refractivity contribution in [1.82, 2.24) is 4.57 Å². The van der Waals surface area contributed by atoms with Gasteiger partial charge in [-0.15, -0.1) is 0 Å². The molecule has 0 fully saturated rings. The van der Waals surface area contributed by atoms with Crippen LogP contribution in [0.1, 0.15) is 30.9 Å². The summed E-state index contributed by atoms with van der Waals surface area (Å²) in [5.41, 5.74) is 0.0517. The van der Waals surface area contributed by atoms with Crippen molar-refractivity contribution in [2.24, 2.45) is 0 Å². The first-order valence-electron chi connectivity index (χ1n) is 7.10. The monoisotopic (exact) mass is 294 g/mol. The van der Waals surface area contributed by atoms with Gasteiger partial charge in [-0.3, -0.25) is 9.36 Å². The molecule has 0 radical (unpaired) electrons. The van der Waals surface area contributed by atoms with Crippen LogP contribution in [0.15, 0.2) is 10.9 Å². The van der Waals surface area contributed by atoms with E-state index >= 15 is 0 Å². The maximum atomic E-state index is 12.0. The average molecular weight is 294 g/mol. The van der Waals surface area contributed by atoms with Crippen LogP contribution in [0.2, 0.25) is 0 Å². The molecule has 0 spiro atoms. The summed E-state index contributed by atoms with van der Waals surface area (Å²) >= 11 is 0. The van der Waals surface area contributed by atoms with Crippen LogP contribution in [0.4, 0.5) is 0 Å². The molecule has 1 N–H and O–H groups in total. The summed E-state index contributed by atoms with van der Waals surface area (Å²) in [6, 6.07) is 3.27. The molecule has 0 aromatic carbocycles. The second-order valence-electron chi connectivity index (χ2n) is 4.71. The van der Waals surface area contributed by atoms with E-state index in [0.29, 0.717) is 25.4 Å². The van der Waals surface area contributed by atoms with Crippen LogP contribution >= 0.6 is 0 Å². The smallest absolute Gasteiger partial charge is 0.271 e.